The minimum atomic E-state index is -3.10. The Kier molecular flexibility index (Phi) is 3.42. The lowest BCUT2D eigenvalue weighted by molar-refractivity contribution is 0.559. The van der Waals surface area contributed by atoms with Crippen LogP contribution >= 0.6 is 0 Å². The molecule has 6 heteroatoms. The zero-order valence-corrected chi connectivity index (χ0v) is 10.5. The van der Waals surface area contributed by atoms with Crippen molar-refractivity contribution < 1.29 is 8.42 Å². The van der Waals surface area contributed by atoms with Crippen LogP contribution in [0.4, 0.5) is 11.6 Å². The number of hydrogen-bond acceptors (Lipinski definition) is 5. The zero-order chi connectivity index (χ0) is 12.4. The Morgan fingerprint density at radius 1 is 1.44 bits per heavy atom. The van der Waals surface area contributed by atoms with Crippen LogP contribution in [-0.2, 0) is 9.84 Å². The minimum Gasteiger partial charge on any atom is -0.384 e. The SMILES string of the molecule is CC(C)(CNc1cccc(N)n1)S(C)(=O)=O. The maximum absolute atomic E-state index is 11.5. The second-order valence-corrected chi connectivity index (χ2v) is 6.98. The van der Waals surface area contributed by atoms with Crippen LogP contribution in [0.3, 0.4) is 0 Å². The van der Waals surface area contributed by atoms with Gasteiger partial charge in [-0.2, -0.15) is 0 Å². The van der Waals surface area contributed by atoms with Crippen molar-refractivity contribution in [2.75, 3.05) is 23.9 Å². The molecule has 0 saturated heterocycles. The summed E-state index contributed by atoms with van der Waals surface area (Å²) in [6.45, 7) is 3.63. The molecule has 0 bridgehead atoms. The normalized spacial score (nSPS) is 12.4. The number of pyridine rings is 1. The summed E-state index contributed by atoms with van der Waals surface area (Å²) in [5.41, 5.74) is 5.51. The van der Waals surface area contributed by atoms with Gasteiger partial charge in [-0.1, -0.05) is 6.07 Å². The Labute approximate surface area is 96.0 Å². The summed E-state index contributed by atoms with van der Waals surface area (Å²) >= 11 is 0. The van der Waals surface area contributed by atoms with E-state index < -0.39 is 14.6 Å². The van der Waals surface area contributed by atoms with Crippen molar-refractivity contribution in [3.8, 4) is 0 Å². The van der Waals surface area contributed by atoms with Crippen molar-refractivity contribution in [2.24, 2.45) is 0 Å². The molecule has 0 amide bonds. The van der Waals surface area contributed by atoms with Gasteiger partial charge in [-0.3, -0.25) is 0 Å². The summed E-state index contributed by atoms with van der Waals surface area (Å²) in [6.07, 6.45) is 1.22. The molecule has 1 aromatic heterocycles. The van der Waals surface area contributed by atoms with Gasteiger partial charge in [-0.25, -0.2) is 13.4 Å². The molecule has 0 spiro atoms. The van der Waals surface area contributed by atoms with E-state index in [9.17, 15) is 8.42 Å². The molecule has 0 saturated carbocycles. The van der Waals surface area contributed by atoms with Gasteiger partial charge in [-0.15, -0.1) is 0 Å². The zero-order valence-electron chi connectivity index (χ0n) is 9.69. The van der Waals surface area contributed by atoms with Crippen molar-refractivity contribution in [2.45, 2.75) is 18.6 Å². The highest BCUT2D eigenvalue weighted by molar-refractivity contribution is 7.92. The van der Waals surface area contributed by atoms with Gasteiger partial charge in [0.05, 0.1) is 4.75 Å². The highest BCUT2D eigenvalue weighted by atomic mass is 32.2. The van der Waals surface area contributed by atoms with E-state index in [0.29, 0.717) is 18.2 Å². The number of nitrogen functional groups attached to an aromatic ring is 1. The van der Waals surface area contributed by atoms with Crippen molar-refractivity contribution in [1.82, 2.24) is 4.98 Å². The molecule has 0 aliphatic heterocycles. The van der Waals surface area contributed by atoms with Gasteiger partial charge >= 0.3 is 0 Å². The first-order valence-electron chi connectivity index (χ1n) is 4.88. The first kappa shape index (κ1) is 12.8. The standard InChI is InChI=1S/C10H17N3O2S/c1-10(2,16(3,14)15)7-12-9-6-4-5-8(11)13-9/h4-6H,7H2,1-3H3,(H3,11,12,13). The van der Waals surface area contributed by atoms with Gasteiger partial charge in [0, 0.05) is 12.8 Å². The summed E-state index contributed by atoms with van der Waals surface area (Å²) in [5, 5.41) is 2.96. The Morgan fingerprint density at radius 2 is 2.06 bits per heavy atom. The fraction of sp³-hybridized carbons (Fsp3) is 0.500. The average Bonchev–Trinajstić information content (AvgIpc) is 2.13. The molecule has 1 heterocycles. The van der Waals surface area contributed by atoms with Crippen LogP contribution in [0.25, 0.3) is 0 Å². The highest BCUT2D eigenvalue weighted by Crippen LogP contribution is 2.16. The van der Waals surface area contributed by atoms with Crippen LogP contribution in [-0.4, -0.2) is 30.9 Å². The molecule has 0 atom stereocenters. The van der Waals surface area contributed by atoms with Crippen LogP contribution in [0.15, 0.2) is 18.2 Å². The molecule has 1 rings (SSSR count). The molecule has 0 unspecified atom stereocenters. The molecule has 90 valence electrons. The van der Waals surface area contributed by atoms with Gasteiger partial charge in [0.2, 0.25) is 0 Å². The van der Waals surface area contributed by atoms with E-state index in [1.807, 2.05) is 0 Å². The van der Waals surface area contributed by atoms with Crippen LogP contribution in [0.5, 0.6) is 0 Å². The Hall–Kier alpha value is -1.30. The molecule has 5 nitrogen and oxygen atoms in total. The maximum atomic E-state index is 11.5. The Bertz CT molecular complexity index is 469. The van der Waals surface area contributed by atoms with Crippen LogP contribution in [0, 0.1) is 0 Å². The van der Waals surface area contributed by atoms with Gasteiger partial charge in [0.1, 0.15) is 11.6 Å². The molecule has 0 radical (unpaired) electrons. The predicted octanol–water partition coefficient (Wildman–Crippen LogP) is 0.899. The van der Waals surface area contributed by atoms with E-state index in [1.165, 1.54) is 6.26 Å². The predicted molar refractivity (Wildman–Crippen MR) is 66.1 cm³/mol. The molecule has 0 aliphatic carbocycles. The summed E-state index contributed by atoms with van der Waals surface area (Å²) in [4.78, 5) is 4.03. The molecule has 3 N–H and O–H groups in total. The molecule has 1 aromatic rings. The summed E-state index contributed by atoms with van der Waals surface area (Å²) < 4.78 is 22.1. The summed E-state index contributed by atoms with van der Waals surface area (Å²) in [7, 11) is -3.10. The van der Waals surface area contributed by atoms with E-state index in [4.69, 9.17) is 5.73 Å². The number of rotatable bonds is 4. The quantitative estimate of drug-likeness (QED) is 0.820. The van der Waals surface area contributed by atoms with E-state index in [-0.39, 0.29) is 0 Å². The largest absolute Gasteiger partial charge is 0.384 e. The number of hydrogen-bond donors (Lipinski definition) is 2. The van der Waals surface area contributed by atoms with E-state index in [2.05, 4.69) is 10.3 Å². The third-order valence-electron chi connectivity index (χ3n) is 2.47. The van der Waals surface area contributed by atoms with Gasteiger partial charge in [-0.05, 0) is 26.0 Å². The third kappa shape index (κ3) is 3.10. The van der Waals surface area contributed by atoms with Crippen molar-refractivity contribution in [3.05, 3.63) is 18.2 Å². The van der Waals surface area contributed by atoms with E-state index >= 15 is 0 Å². The van der Waals surface area contributed by atoms with E-state index in [0.717, 1.165) is 0 Å². The fourth-order valence-corrected chi connectivity index (χ4v) is 1.32. The van der Waals surface area contributed by atoms with Crippen LogP contribution in [0.2, 0.25) is 0 Å². The number of anilines is 2. The molecule has 0 aliphatic rings. The molecular weight excluding hydrogens is 226 g/mol. The minimum absolute atomic E-state index is 0.294. The Morgan fingerprint density at radius 3 is 2.56 bits per heavy atom. The van der Waals surface area contributed by atoms with Crippen molar-refractivity contribution in [1.29, 1.82) is 0 Å². The molecular formula is C10H17N3O2S. The van der Waals surface area contributed by atoms with E-state index in [1.54, 1.807) is 32.0 Å². The lowest BCUT2D eigenvalue weighted by Crippen LogP contribution is -2.38. The maximum Gasteiger partial charge on any atom is 0.154 e. The number of nitrogens with one attached hydrogen (secondary N) is 1. The second-order valence-electron chi connectivity index (χ2n) is 4.33. The smallest absolute Gasteiger partial charge is 0.154 e. The molecule has 0 fully saturated rings. The van der Waals surface area contributed by atoms with Gasteiger partial charge < -0.3 is 11.1 Å². The first-order chi connectivity index (χ1) is 7.22. The third-order valence-corrected chi connectivity index (χ3v) is 4.62. The summed E-state index contributed by atoms with van der Waals surface area (Å²) in [6, 6.07) is 5.18. The van der Waals surface area contributed by atoms with Crippen molar-refractivity contribution in [3.63, 3.8) is 0 Å². The first-order valence-corrected chi connectivity index (χ1v) is 6.77. The second kappa shape index (κ2) is 4.29. The molecule has 16 heavy (non-hydrogen) atoms. The monoisotopic (exact) mass is 243 g/mol. The number of sulfone groups is 1. The van der Waals surface area contributed by atoms with Crippen LogP contribution in [0.1, 0.15) is 13.8 Å². The number of aromatic nitrogens is 1. The van der Waals surface area contributed by atoms with Crippen molar-refractivity contribution >= 4 is 21.5 Å². The van der Waals surface area contributed by atoms with Gasteiger partial charge in [0.25, 0.3) is 0 Å². The highest BCUT2D eigenvalue weighted by Gasteiger charge is 2.29. The fourth-order valence-electron chi connectivity index (χ4n) is 0.984. The molecule has 0 aromatic carbocycles. The number of nitrogens with two attached hydrogens (primary N) is 1. The summed E-state index contributed by atoms with van der Waals surface area (Å²) in [5.74, 6) is 0.985. The number of nitrogens with zero attached hydrogens (tertiary/aromatic N) is 1. The average molecular weight is 243 g/mol. The Balaban J connectivity index is 2.72. The lowest BCUT2D eigenvalue weighted by atomic mass is 10.2. The topological polar surface area (TPSA) is 85.1 Å². The lowest BCUT2D eigenvalue weighted by Gasteiger charge is -2.23. The van der Waals surface area contributed by atoms with Crippen LogP contribution < -0.4 is 11.1 Å². The van der Waals surface area contributed by atoms with Gasteiger partial charge in [0.15, 0.2) is 9.84 Å².